The standard InChI is InChI=1S/C40H70NO13P/c1-3-5-7-8-9-10-11-12-13-14-19-23-38(45)51-28-32(29-52-55(49,50)53-30-35(41)40(47)48)54-39(46)24-20-16-15-18-22-33-34(37(44)27-36(33)43)26-25-31(42)21-17-6-4-2/h15,18,25-26,31-36,42-43H,3-14,16-17,19-24,27-30,41H2,1-2H3,(H,47,48)(H,49,50)/b18-15-,26-25+/t31-,32+,33+,34+,35-,36-/m0/s1. The summed E-state index contributed by atoms with van der Waals surface area (Å²) in [5.74, 6) is -3.45. The van der Waals surface area contributed by atoms with E-state index in [2.05, 4.69) is 18.4 Å². The molecule has 14 nitrogen and oxygen atoms in total. The monoisotopic (exact) mass is 803 g/mol. The molecule has 15 heteroatoms. The third kappa shape index (κ3) is 25.4. The van der Waals surface area contributed by atoms with Gasteiger partial charge < -0.3 is 35.4 Å². The predicted molar refractivity (Wildman–Crippen MR) is 209 cm³/mol. The third-order valence-corrected chi connectivity index (χ3v) is 10.5. The van der Waals surface area contributed by atoms with Gasteiger partial charge in [-0.3, -0.25) is 28.2 Å². The number of unbranched alkanes of at least 4 members (excludes halogenated alkanes) is 13. The van der Waals surface area contributed by atoms with Crippen molar-refractivity contribution in [2.24, 2.45) is 17.6 Å². The maximum Gasteiger partial charge on any atom is 0.472 e. The number of Topliss-reactive ketones (excluding diaryl/α,β-unsaturated/α-hetero) is 1. The molecule has 6 N–H and O–H groups in total. The van der Waals surface area contributed by atoms with E-state index in [0.717, 1.165) is 38.5 Å². The summed E-state index contributed by atoms with van der Waals surface area (Å²) in [4.78, 5) is 58.5. The maximum absolute atomic E-state index is 12.7. The average Bonchev–Trinajstić information content (AvgIpc) is 3.41. The Balaban J connectivity index is 2.57. The SMILES string of the molecule is CCCCCCCCCCCCCC(=O)OC[C@H](COP(=O)(O)OC[C@H](N)C(=O)O)OC(=O)CCC/C=C\C[C@H]1[C@@H](O)CC(=O)[C@@H]1/C=C/[C@@H](O)CCCCC. The molecule has 318 valence electrons. The Labute approximate surface area is 328 Å². The summed E-state index contributed by atoms with van der Waals surface area (Å²) in [5, 5.41) is 29.6. The van der Waals surface area contributed by atoms with Gasteiger partial charge in [0.05, 0.1) is 25.4 Å². The van der Waals surface area contributed by atoms with Crippen molar-refractivity contribution in [2.45, 2.75) is 173 Å². The minimum atomic E-state index is -4.78. The van der Waals surface area contributed by atoms with Gasteiger partial charge in [0.15, 0.2) is 6.10 Å². The molecule has 1 aliphatic carbocycles. The molecule has 0 spiro atoms. The normalized spacial score (nSPS) is 20.1. The minimum Gasteiger partial charge on any atom is -0.480 e. The van der Waals surface area contributed by atoms with Crippen molar-refractivity contribution in [2.75, 3.05) is 19.8 Å². The van der Waals surface area contributed by atoms with Crippen molar-refractivity contribution < 1.29 is 62.5 Å². The number of phosphoric ester groups is 1. The molecule has 7 atom stereocenters. The molecule has 1 aliphatic rings. The van der Waals surface area contributed by atoms with Gasteiger partial charge in [-0.05, 0) is 32.1 Å². The molecule has 0 saturated heterocycles. The minimum absolute atomic E-state index is 0.0277. The molecule has 0 aromatic carbocycles. The summed E-state index contributed by atoms with van der Waals surface area (Å²) < 4.78 is 32.5. The van der Waals surface area contributed by atoms with E-state index >= 15 is 0 Å². The van der Waals surface area contributed by atoms with Crippen LogP contribution in [0.2, 0.25) is 0 Å². The van der Waals surface area contributed by atoms with Crippen molar-refractivity contribution in [3.63, 3.8) is 0 Å². The first-order valence-electron chi connectivity index (χ1n) is 20.5. The molecular weight excluding hydrogens is 733 g/mol. The molecule has 1 unspecified atom stereocenters. The van der Waals surface area contributed by atoms with Gasteiger partial charge >= 0.3 is 25.7 Å². The highest BCUT2D eigenvalue weighted by Crippen LogP contribution is 2.43. The fourth-order valence-corrected chi connectivity index (χ4v) is 7.00. The smallest absolute Gasteiger partial charge is 0.472 e. The van der Waals surface area contributed by atoms with E-state index in [9.17, 15) is 38.8 Å². The quantitative estimate of drug-likeness (QED) is 0.0194. The number of carboxylic acid groups (broad SMARTS) is 1. The Morgan fingerprint density at radius 1 is 0.836 bits per heavy atom. The molecule has 0 aromatic heterocycles. The number of esters is 2. The van der Waals surface area contributed by atoms with E-state index in [1.807, 2.05) is 12.2 Å². The second-order valence-electron chi connectivity index (χ2n) is 14.6. The summed E-state index contributed by atoms with van der Waals surface area (Å²) in [6, 6.07) is -1.56. The Hall–Kier alpha value is -2.45. The van der Waals surface area contributed by atoms with Crippen molar-refractivity contribution >= 4 is 31.5 Å². The van der Waals surface area contributed by atoms with Crippen LogP contribution in [-0.4, -0.2) is 88.1 Å². The van der Waals surface area contributed by atoms with Crippen LogP contribution < -0.4 is 5.73 Å². The highest BCUT2D eigenvalue weighted by Gasteiger charge is 2.39. The first-order valence-corrected chi connectivity index (χ1v) is 22.0. The molecule has 1 fully saturated rings. The number of ketones is 1. The van der Waals surface area contributed by atoms with Crippen molar-refractivity contribution in [1.29, 1.82) is 0 Å². The zero-order valence-corrected chi connectivity index (χ0v) is 34.1. The lowest BCUT2D eigenvalue weighted by molar-refractivity contribution is -0.161. The van der Waals surface area contributed by atoms with Gasteiger partial charge in [0.2, 0.25) is 0 Å². The van der Waals surface area contributed by atoms with Crippen LogP contribution in [0.25, 0.3) is 0 Å². The summed E-state index contributed by atoms with van der Waals surface area (Å²) in [5.41, 5.74) is 5.31. The summed E-state index contributed by atoms with van der Waals surface area (Å²) in [7, 11) is -4.78. The van der Waals surface area contributed by atoms with Gasteiger partial charge in [-0.2, -0.15) is 0 Å². The molecule has 0 bridgehead atoms. The van der Waals surface area contributed by atoms with E-state index in [0.29, 0.717) is 32.1 Å². The fraction of sp³-hybridized carbons (Fsp3) is 0.800. The fourth-order valence-electron chi connectivity index (χ4n) is 6.22. The third-order valence-electron chi connectivity index (χ3n) is 9.58. The van der Waals surface area contributed by atoms with E-state index in [1.54, 1.807) is 12.2 Å². The molecule has 0 heterocycles. The number of allylic oxidation sites excluding steroid dienone is 3. The van der Waals surface area contributed by atoms with Crippen LogP contribution in [0.15, 0.2) is 24.3 Å². The number of aliphatic hydroxyl groups is 2. The molecule has 0 aromatic rings. The lowest BCUT2D eigenvalue weighted by atomic mass is 9.90. The number of aliphatic carboxylic acids is 1. The Bertz CT molecular complexity index is 1200. The number of hydrogen-bond donors (Lipinski definition) is 5. The first-order chi connectivity index (χ1) is 26.3. The number of rotatable bonds is 34. The topological polar surface area (TPSA) is 229 Å². The van der Waals surface area contributed by atoms with Crippen molar-refractivity contribution in [1.82, 2.24) is 0 Å². The van der Waals surface area contributed by atoms with Crippen molar-refractivity contribution in [3.05, 3.63) is 24.3 Å². The van der Waals surface area contributed by atoms with E-state index < -0.39 is 75.8 Å². The molecular formula is C40H70NO13P. The number of carboxylic acids is 1. The predicted octanol–water partition coefficient (Wildman–Crippen LogP) is 6.87. The van der Waals surface area contributed by atoms with Crippen LogP contribution in [-0.2, 0) is 42.3 Å². The molecule has 1 rings (SSSR count). The van der Waals surface area contributed by atoms with Gasteiger partial charge in [0.1, 0.15) is 18.4 Å². The van der Waals surface area contributed by atoms with Gasteiger partial charge in [0, 0.05) is 31.1 Å². The van der Waals surface area contributed by atoms with E-state index in [1.165, 1.54) is 44.9 Å². The lowest BCUT2D eigenvalue weighted by Gasteiger charge is -2.20. The van der Waals surface area contributed by atoms with Gasteiger partial charge in [-0.25, -0.2) is 4.57 Å². The zero-order chi connectivity index (χ0) is 40.9. The molecule has 0 aliphatic heterocycles. The molecule has 55 heavy (non-hydrogen) atoms. The average molecular weight is 804 g/mol. The summed E-state index contributed by atoms with van der Waals surface area (Å²) in [6.07, 6.45) is 22.0. The number of nitrogens with two attached hydrogens (primary N) is 1. The van der Waals surface area contributed by atoms with Crippen molar-refractivity contribution in [3.8, 4) is 0 Å². The summed E-state index contributed by atoms with van der Waals surface area (Å²) in [6.45, 7) is 2.40. The maximum atomic E-state index is 12.7. The highest BCUT2D eigenvalue weighted by molar-refractivity contribution is 7.47. The summed E-state index contributed by atoms with van der Waals surface area (Å²) >= 11 is 0. The van der Waals surface area contributed by atoms with Crippen LogP contribution >= 0.6 is 7.82 Å². The van der Waals surface area contributed by atoms with Gasteiger partial charge in [-0.15, -0.1) is 0 Å². The van der Waals surface area contributed by atoms with Gasteiger partial charge in [0.25, 0.3) is 0 Å². The molecule has 1 saturated carbocycles. The van der Waals surface area contributed by atoms with Crippen LogP contribution in [0.5, 0.6) is 0 Å². The number of carbonyl (C=O) groups is 4. The van der Waals surface area contributed by atoms with E-state index in [4.69, 9.17) is 24.8 Å². The van der Waals surface area contributed by atoms with Gasteiger partial charge in [-0.1, -0.05) is 122 Å². The molecule has 0 amide bonds. The number of ether oxygens (including phenoxy) is 2. The number of hydrogen-bond acceptors (Lipinski definition) is 12. The second kappa shape index (κ2) is 30.7. The van der Waals surface area contributed by atoms with Crippen LogP contribution in [0.3, 0.4) is 0 Å². The number of carbonyl (C=O) groups excluding carboxylic acids is 3. The zero-order valence-electron chi connectivity index (χ0n) is 33.2. The number of phosphoric acid groups is 1. The second-order valence-corrected chi connectivity index (χ2v) is 16.0. The highest BCUT2D eigenvalue weighted by atomic mass is 31.2. The molecule has 0 radical (unpaired) electrons. The van der Waals surface area contributed by atoms with Crippen LogP contribution in [0.1, 0.15) is 149 Å². The van der Waals surface area contributed by atoms with Crippen LogP contribution in [0, 0.1) is 11.8 Å². The Kier molecular flexibility index (Phi) is 28.2. The number of aliphatic hydroxyl groups excluding tert-OH is 2. The Morgan fingerprint density at radius 3 is 2.05 bits per heavy atom. The Morgan fingerprint density at radius 2 is 1.42 bits per heavy atom. The first kappa shape index (κ1) is 50.6. The lowest BCUT2D eigenvalue weighted by Crippen LogP contribution is -2.34. The van der Waals surface area contributed by atoms with Crippen LogP contribution in [0.4, 0.5) is 0 Å². The van der Waals surface area contributed by atoms with E-state index in [-0.39, 0.29) is 31.0 Å². The largest absolute Gasteiger partial charge is 0.480 e.